The molecule has 4 aromatic rings. The second kappa shape index (κ2) is 10.5. The van der Waals surface area contributed by atoms with Crippen LogP contribution in [0.15, 0.2) is 52.9 Å². The Morgan fingerprint density at radius 3 is 2.63 bits per heavy atom. The molecule has 2 aromatic carbocycles. The van der Waals surface area contributed by atoms with Crippen LogP contribution in [0.2, 0.25) is 0 Å². The minimum Gasteiger partial charge on any atom is -0.493 e. The monoisotopic (exact) mass is 478 g/mol. The van der Waals surface area contributed by atoms with Crippen molar-refractivity contribution >= 4 is 16.6 Å². The van der Waals surface area contributed by atoms with E-state index in [2.05, 4.69) is 35.9 Å². The van der Waals surface area contributed by atoms with Crippen LogP contribution in [0.4, 0.5) is 0 Å². The van der Waals surface area contributed by atoms with E-state index in [0.29, 0.717) is 45.0 Å². The number of methoxy groups -OCH3 is 2. The van der Waals surface area contributed by atoms with Crippen molar-refractivity contribution < 1.29 is 24.1 Å². The molecule has 0 spiro atoms. The predicted molar refractivity (Wildman–Crippen MR) is 123 cm³/mol. The Morgan fingerprint density at radius 2 is 1.94 bits per heavy atom. The molecule has 1 unspecified atom stereocenters. The lowest BCUT2D eigenvalue weighted by Crippen LogP contribution is -2.20. The van der Waals surface area contributed by atoms with E-state index in [1.165, 1.54) is 20.4 Å². The first-order chi connectivity index (χ1) is 17.0. The molecule has 0 saturated heterocycles. The second-order valence-corrected chi connectivity index (χ2v) is 7.27. The molecule has 180 valence electrons. The molecule has 13 nitrogen and oxygen atoms in total. The lowest BCUT2D eigenvalue weighted by atomic mass is 9.98. The predicted octanol–water partition coefficient (Wildman–Crippen LogP) is 1.73. The summed E-state index contributed by atoms with van der Waals surface area (Å²) in [6.45, 7) is -0.0444. The molecule has 13 heteroatoms. The molecule has 0 radical (unpaired) electrons. The van der Waals surface area contributed by atoms with E-state index >= 15 is 0 Å². The van der Waals surface area contributed by atoms with Gasteiger partial charge in [0.25, 0.3) is 0 Å². The topological polar surface area (TPSA) is 183 Å². The van der Waals surface area contributed by atoms with Gasteiger partial charge in [0.2, 0.25) is 11.6 Å². The largest absolute Gasteiger partial charge is 0.493 e. The zero-order valence-electron chi connectivity index (χ0n) is 18.9. The molecule has 35 heavy (non-hydrogen) atoms. The van der Waals surface area contributed by atoms with Crippen molar-refractivity contribution in [2.45, 2.75) is 6.10 Å². The third kappa shape index (κ3) is 4.99. The number of tetrazole rings is 1. The van der Waals surface area contributed by atoms with Gasteiger partial charge in [-0.2, -0.15) is 10.3 Å². The fourth-order valence-corrected chi connectivity index (χ4v) is 3.45. The van der Waals surface area contributed by atoms with Crippen molar-refractivity contribution in [2.75, 3.05) is 27.4 Å². The molecule has 0 aliphatic carbocycles. The van der Waals surface area contributed by atoms with Crippen LogP contribution < -0.4 is 20.1 Å². The van der Waals surface area contributed by atoms with Crippen molar-refractivity contribution in [1.29, 1.82) is 0 Å². The average Bonchev–Trinajstić information content (AvgIpc) is 3.43. The standard InChI is InChI=1S/C22H22N8O5/c1-33-18-7-15-16(8-19(18)34-2)20(24-10-17(15)22-26-29-30-27-22)21(32)12-4-3-5-14(6-12)35-11-13(31)9-25-28-23/h3-8,10,13,31H,9,11H2,1-2H3,(H2,23,25)(H,26,27,29,30). The summed E-state index contributed by atoms with van der Waals surface area (Å²) < 4.78 is 16.5. The Bertz CT molecular complexity index is 1360. The smallest absolute Gasteiger partial charge is 0.212 e. The summed E-state index contributed by atoms with van der Waals surface area (Å²) in [5, 5.41) is 31.7. The van der Waals surface area contributed by atoms with Gasteiger partial charge in [-0.25, -0.2) is 0 Å². The molecule has 4 rings (SSSR count). The van der Waals surface area contributed by atoms with E-state index in [-0.39, 0.29) is 24.6 Å². The molecule has 0 bridgehead atoms. The maximum Gasteiger partial charge on any atom is 0.212 e. The van der Waals surface area contributed by atoms with Crippen LogP contribution in [-0.4, -0.2) is 70.0 Å². The van der Waals surface area contributed by atoms with E-state index in [1.807, 2.05) is 0 Å². The van der Waals surface area contributed by atoms with Crippen LogP contribution in [0.1, 0.15) is 16.1 Å². The zero-order valence-corrected chi connectivity index (χ0v) is 18.9. The van der Waals surface area contributed by atoms with Gasteiger partial charge in [-0.3, -0.25) is 9.78 Å². The number of carbonyl (C=O) groups is 1. The summed E-state index contributed by atoms with van der Waals surface area (Å²) in [6.07, 6.45) is 0.613. The average molecular weight is 478 g/mol. The minimum absolute atomic E-state index is 0.00303. The molecule has 2 heterocycles. The number of H-pyrrole nitrogens is 1. The number of carbonyl (C=O) groups excluding carboxylic acids is 1. The van der Waals surface area contributed by atoms with E-state index in [0.717, 1.165) is 0 Å². The molecule has 0 aliphatic rings. The first-order valence-corrected chi connectivity index (χ1v) is 10.4. The number of ketones is 1. The number of pyridine rings is 1. The van der Waals surface area contributed by atoms with Gasteiger partial charge in [-0.05, 0) is 29.5 Å². The first-order valence-electron chi connectivity index (χ1n) is 10.4. The molecular formula is C22H22N8O5. The van der Waals surface area contributed by atoms with Gasteiger partial charge >= 0.3 is 0 Å². The molecule has 1 atom stereocenters. The summed E-state index contributed by atoms with van der Waals surface area (Å²) in [6, 6.07) is 9.98. The molecular weight excluding hydrogens is 456 g/mol. The number of hydrogen-bond donors (Lipinski definition) is 3. The van der Waals surface area contributed by atoms with Crippen LogP contribution in [0.25, 0.3) is 22.2 Å². The Hall–Kier alpha value is -4.65. The number of aliphatic hydroxyl groups is 1. The van der Waals surface area contributed by atoms with Crippen LogP contribution >= 0.6 is 0 Å². The number of rotatable bonds is 10. The number of hydrogen-bond acceptors (Lipinski definition) is 11. The van der Waals surface area contributed by atoms with Gasteiger partial charge in [-0.1, -0.05) is 17.4 Å². The number of aromatic nitrogens is 5. The summed E-state index contributed by atoms with van der Waals surface area (Å²) in [7, 11) is 3.03. The number of fused-ring (bicyclic) bond motifs is 1. The lowest BCUT2D eigenvalue weighted by molar-refractivity contribution is 0.103. The fourth-order valence-electron chi connectivity index (χ4n) is 3.45. The first kappa shape index (κ1) is 23.5. The number of nitrogens with zero attached hydrogens (tertiary/aromatic N) is 6. The summed E-state index contributed by atoms with van der Waals surface area (Å²) >= 11 is 0. The van der Waals surface area contributed by atoms with E-state index in [1.54, 1.807) is 36.4 Å². The molecule has 0 fully saturated rings. The van der Waals surface area contributed by atoms with E-state index in [9.17, 15) is 9.90 Å². The van der Waals surface area contributed by atoms with E-state index in [4.69, 9.17) is 20.1 Å². The minimum atomic E-state index is -0.896. The van der Waals surface area contributed by atoms with Crippen molar-refractivity contribution in [3.63, 3.8) is 0 Å². The Kier molecular flexibility index (Phi) is 7.07. The van der Waals surface area contributed by atoms with Gasteiger partial charge in [0, 0.05) is 28.1 Å². The maximum atomic E-state index is 13.5. The summed E-state index contributed by atoms with van der Waals surface area (Å²) in [4.78, 5) is 17.9. The fraction of sp³-hybridized carbons (Fsp3) is 0.227. The van der Waals surface area contributed by atoms with Crippen LogP contribution in [-0.2, 0) is 0 Å². The quantitative estimate of drug-likeness (QED) is 0.131. The molecule has 4 N–H and O–H groups in total. The highest BCUT2D eigenvalue weighted by atomic mass is 16.5. The molecule has 0 saturated carbocycles. The SMILES string of the molecule is COc1cc2c(-c3nn[nH]n3)cnc(C(=O)c3cccc(OCC(O)CN=NN)c3)c2cc1OC. The van der Waals surface area contributed by atoms with Crippen molar-refractivity contribution in [3.8, 4) is 28.6 Å². The van der Waals surface area contributed by atoms with Gasteiger partial charge < -0.3 is 25.2 Å². The number of aliphatic hydroxyl groups excluding tert-OH is 1. The van der Waals surface area contributed by atoms with Crippen LogP contribution in [0.5, 0.6) is 17.2 Å². The number of aromatic amines is 1. The zero-order chi connectivity index (χ0) is 24.8. The molecule has 0 amide bonds. The van der Waals surface area contributed by atoms with Crippen LogP contribution in [0.3, 0.4) is 0 Å². The number of benzene rings is 2. The molecule has 2 aromatic heterocycles. The van der Waals surface area contributed by atoms with Gasteiger partial charge in [-0.15, -0.1) is 10.2 Å². The summed E-state index contributed by atoms with van der Waals surface area (Å²) in [5.41, 5.74) is 1.09. The van der Waals surface area contributed by atoms with Crippen LogP contribution in [0, 0.1) is 0 Å². The molecule has 0 aliphatic heterocycles. The Morgan fingerprint density at radius 1 is 1.17 bits per heavy atom. The number of nitrogens with two attached hydrogens (primary N) is 1. The third-order valence-electron chi connectivity index (χ3n) is 5.11. The van der Waals surface area contributed by atoms with Crippen molar-refractivity contribution in [1.82, 2.24) is 25.6 Å². The highest BCUT2D eigenvalue weighted by Crippen LogP contribution is 2.37. The highest BCUT2D eigenvalue weighted by Gasteiger charge is 2.21. The highest BCUT2D eigenvalue weighted by molar-refractivity contribution is 6.17. The second-order valence-electron chi connectivity index (χ2n) is 7.27. The third-order valence-corrected chi connectivity index (χ3v) is 5.11. The lowest BCUT2D eigenvalue weighted by Gasteiger charge is -2.14. The van der Waals surface area contributed by atoms with Crippen molar-refractivity contribution in [3.05, 3.63) is 53.9 Å². The van der Waals surface area contributed by atoms with Gasteiger partial charge in [0.15, 0.2) is 11.5 Å². The maximum absolute atomic E-state index is 13.5. The van der Waals surface area contributed by atoms with E-state index < -0.39 is 6.10 Å². The number of nitrogens with one attached hydrogen (secondary N) is 1. The number of ether oxygens (including phenoxy) is 3. The van der Waals surface area contributed by atoms with Crippen molar-refractivity contribution in [2.24, 2.45) is 16.2 Å². The van der Waals surface area contributed by atoms with Gasteiger partial charge in [0.1, 0.15) is 24.2 Å². The van der Waals surface area contributed by atoms with Gasteiger partial charge in [0.05, 0.1) is 20.8 Å². The Labute approximate surface area is 198 Å². The summed E-state index contributed by atoms with van der Waals surface area (Å²) in [5.74, 6) is 6.21. The Balaban J connectivity index is 1.73. The normalized spacial score (nSPS) is 12.1.